The molecule has 0 aliphatic heterocycles. The normalized spacial score (nSPS) is 13.9. The molecule has 0 aromatic heterocycles. The van der Waals surface area contributed by atoms with Gasteiger partial charge in [-0.3, -0.25) is 0 Å². The lowest BCUT2D eigenvalue weighted by Gasteiger charge is -2.07. The SMILES string of the molecule is COCC(CN)CO. The Morgan fingerprint density at radius 1 is 1.75 bits per heavy atom. The Balaban J connectivity index is 3.07. The first kappa shape index (κ1) is 7.88. The van der Waals surface area contributed by atoms with Gasteiger partial charge in [0.25, 0.3) is 0 Å². The first-order chi connectivity index (χ1) is 3.85. The van der Waals surface area contributed by atoms with Crippen molar-refractivity contribution in [1.82, 2.24) is 0 Å². The molecule has 8 heavy (non-hydrogen) atoms. The molecule has 1 atom stereocenters. The van der Waals surface area contributed by atoms with Crippen molar-refractivity contribution in [3.63, 3.8) is 0 Å². The van der Waals surface area contributed by atoms with Crippen LogP contribution in [0.4, 0.5) is 0 Å². The fraction of sp³-hybridized carbons (Fsp3) is 1.00. The van der Waals surface area contributed by atoms with Crippen molar-refractivity contribution < 1.29 is 9.84 Å². The molecule has 0 heterocycles. The second kappa shape index (κ2) is 5.03. The Morgan fingerprint density at radius 3 is 2.50 bits per heavy atom. The third kappa shape index (κ3) is 2.96. The van der Waals surface area contributed by atoms with Crippen LogP contribution in [0.25, 0.3) is 0 Å². The van der Waals surface area contributed by atoms with Crippen LogP contribution in [0.2, 0.25) is 0 Å². The van der Waals surface area contributed by atoms with E-state index in [1.165, 1.54) is 0 Å². The number of hydrogen-bond acceptors (Lipinski definition) is 3. The van der Waals surface area contributed by atoms with E-state index in [9.17, 15) is 0 Å². The maximum atomic E-state index is 8.50. The van der Waals surface area contributed by atoms with Crippen LogP contribution < -0.4 is 5.73 Å². The number of aliphatic hydroxyl groups is 1. The summed E-state index contributed by atoms with van der Waals surface area (Å²) in [6.45, 7) is 1.15. The zero-order valence-electron chi connectivity index (χ0n) is 5.13. The minimum Gasteiger partial charge on any atom is -0.396 e. The number of hydrogen-bond donors (Lipinski definition) is 2. The first-order valence-corrected chi connectivity index (χ1v) is 2.65. The van der Waals surface area contributed by atoms with Crippen molar-refractivity contribution >= 4 is 0 Å². The van der Waals surface area contributed by atoms with Crippen LogP contribution in [0.5, 0.6) is 0 Å². The van der Waals surface area contributed by atoms with Crippen LogP contribution in [0.1, 0.15) is 0 Å². The van der Waals surface area contributed by atoms with Crippen LogP contribution in [-0.4, -0.2) is 32.0 Å². The second-order valence-corrected chi connectivity index (χ2v) is 1.74. The van der Waals surface area contributed by atoms with Crippen LogP contribution >= 0.6 is 0 Å². The van der Waals surface area contributed by atoms with E-state index in [0.29, 0.717) is 13.2 Å². The molecule has 0 bridgehead atoms. The molecule has 0 fully saturated rings. The molecule has 50 valence electrons. The van der Waals surface area contributed by atoms with Gasteiger partial charge in [-0.25, -0.2) is 0 Å². The molecule has 0 aliphatic rings. The lowest BCUT2D eigenvalue weighted by Crippen LogP contribution is -2.22. The van der Waals surface area contributed by atoms with Gasteiger partial charge in [-0.05, 0) is 6.54 Å². The Morgan fingerprint density at radius 2 is 2.38 bits per heavy atom. The second-order valence-electron chi connectivity index (χ2n) is 1.74. The molecule has 0 rings (SSSR count). The molecule has 3 N–H and O–H groups in total. The zero-order chi connectivity index (χ0) is 6.41. The number of ether oxygens (including phenoxy) is 1. The van der Waals surface area contributed by atoms with Gasteiger partial charge < -0.3 is 15.6 Å². The molecule has 1 unspecified atom stereocenters. The van der Waals surface area contributed by atoms with Gasteiger partial charge in [-0.15, -0.1) is 0 Å². The van der Waals surface area contributed by atoms with E-state index >= 15 is 0 Å². The molecule has 0 saturated heterocycles. The number of aliphatic hydroxyl groups excluding tert-OH is 1. The molecular formula is C5H13NO2. The van der Waals surface area contributed by atoms with Crippen molar-refractivity contribution in [2.24, 2.45) is 11.7 Å². The van der Waals surface area contributed by atoms with Gasteiger partial charge in [-0.1, -0.05) is 0 Å². The summed E-state index contributed by atoms with van der Waals surface area (Å²) < 4.78 is 4.75. The van der Waals surface area contributed by atoms with Crippen LogP contribution in [-0.2, 0) is 4.74 Å². The van der Waals surface area contributed by atoms with Gasteiger partial charge in [0.2, 0.25) is 0 Å². The van der Waals surface area contributed by atoms with Crippen LogP contribution in [0.3, 0.4) is 0 Å². The van der Waals surface area contributed by atoms with Crippen molar-refractivity contribution in [3.8, 4) is 0 Å². The lowest BCUT2D eigenvalue weighted by molar-refractivity contribution is 0.114. The van der Waals surface area contributed by atoms with Gasteiger partial charge in [0.15, 0.2) is 0 Å². The fourth-order valence-corrected chi connectivity index (χ4v) is 0.431. The smallest absolute Gasteiger partial charge is 0.0524 e. The third-order valence-corrected chi connectivity index (χ3v) is 0.994. The predicted octanol–water partition coefficient (Wildman–Crippen LogP) is -0.800. The highest BCUT2D eigenvalue weighted by Crippen LogP contribution is 1.89. The van der Waals surface area contributed by atoms with E-state index in [2.05, 4.69) is 0 Å². The molecule has 0 amide bonds. The van der Waals surface area contributed by atoms with Gasteiger partial charge in [0.1, 0.15) is 0 Å². The molecule has 0 aromatic carbocycles. The largest absolute Gasteiger partial charge is 0.396 e. The Labute approximate surface area is 49.4 Å². The Hall–Kier alpha value is -0.120. The summed E-state index contributed by atoms with van der Waals surface area (Å²) in [6, 6.07) is 0. The van der Waals surface area contributed by atoms with Gasteiger partial charge in [0, 0.05) is 19.6 Å². The maximum Gasteiger partial charge on any atom is 0.0524 e. The molecule has 0 saturated carbocycles. The molecular weight excluding hydrogens is 106 g/mol. The monoisotopic (exact) mass is 119 g/mol. The minimum atomic E-state index is 0.111. The maximum absolute atomic E-state index is 8.50. The van der Waals surface area contributed by atoms with Crippen molar-refractivity contribution in [1.29, 1.82) is 0 Å². The summed E-state index contributed by atoms with van der Waals surface area (Å²) in [7, 11) is 1.60. The predicted molar refractivity (Wildman–Crippen MR) is 31.5 cm³/mol. The van der Waals surface area contributed by atoms with Crippen molar-refractivity contribution in [3.05, 3.63) is 0 Å². The highest BCUT2D eigenvalue weighted by molar-refractivity contribution is 4.54. The van der Waals surface area contributed by atoms with E-state index < -0.39 is 0 Å². The minimum absolute atomic E-state index is 0.111. The van der Waals surface area contributed by atoms with E-state index in [0.717, 1.165) is 0 Å². The van der Waals surface area contributed by atoms with E-state index in [4.69, 9.17) is 15.6 Å². The molecule has 0 radical (unpaired) electrons. The lowest BCUT2D eigenvalue weighted by atomic mass is 10.2. The third-order valence-electron chi connectivity index (χ3n) is 0.994. The standard InChI is InChI=1S/C5H13NO2/c1-8-4-5(2-6)3-7/h5,7H,2-4,6H2,1H3. The first-order valence-electron chi connectivity index (χ1n) is 2.65. The fourth-order valence-electron chi connectivity index (χ4n) is 0.431. The summed E-state index contributed by atoms with van der Waals surface area (Å²) in [5.74, 6) is 0.111. The Bertz CT molecular complexity index is 45.7. The summed E-state index contributed by atoms with van der Waals surface area (Å²) in [5, 5.41) is 8.50. The summed E-state index contributed by atoms with van der Waals surface area (Å²) >= 11 is 0. The number of methoxy groups -OCH3 is 1. The number of nitrogens with two attached hydrogens (primary N) is 1. The molecule has 0 spiro atoms. The topological polar surface area (TPSA) is 55.5 Å². The highest BCUT2D eigenvalue weighted by Gasteiger charge is 2.01. The average Bonchev–Trinajstić information content (AvgIpc) is 1.83. The van der Waals surface area contributed by atoms with E-state index in [-0.39, 0.29) is 12.5 Å². The van der Waals surface area contributed by atoms with Gasteiger partial charge in [-0.2, -0.15) is 0 Å². The molecule has 0 aromatic rings. The van der Waals surface area contributed by atoms with Crippen molar-refractivity contribution in [2.45, 2.75) is 0 Å². The van der Waals surface area contributed by atoms with Crippen LogP contribution in [0.15, 0.2) is 0 Å². The van der Waals surface area contributed by atoms with E-state index in [1.54, 1.807) is 7.11 Å². The summed E-state index contributed by atoms with van der Waals surface area (Å²) in [6.07, 6.45) is 0. The molecule has 0 aliphatic carbocycles. The highest BCUT2D eigenvalue weighted by atomic mass is 16.5. The van der Waals surface area contributed by atoms with Gasteiger partial charge >= 0.3 is 0 Å². The number of rotatable bonds is 4. The zero-order valence-corrected chi connectivity index (χ0v) is 5.13. The van der Waals surface area contributed by atoms with Gasteiger partial charge in [0.05, 0.1) is 6.61 Å². The van der Waals surface area contributed by atoms with E-state index in [1.807, 2.05) is 0 Å². The summed E-state index contributed by atoms with van der Waals surface area (Å²) in [5.41, 5.74) is 5.23. The van der Waals surface area contributed by atoms with Crippen molar-refractivity contribution in [2.75, 3.05) is 26.9 Å². The quantitative estimate of drug-likeness (QED) is 0.509. The molecule has 3 nitrogen and oxygen atoms in total. The van der Waals surface area contributed by atoms with Crippen LogP contribution in [0, 0.1) is 5.92 Å². The Kier molecular flexibility index (Phi) is 4.95. The average molecular weight is 119 g/mol. The summed E-state index contributed by atoms with van der Waals surface area (Å²) in [4.78, 5) is 0. The molecule has 3 heteroatoms.